The number of benzene rings is 2. The zero-order valence-electron chi connectivity index (χ0n) is 11.1. The van der Waals surface area contributed by atoms with Crippen LogP contribution in [-0.4, -0.2) is 20.3 Å². The van der Waals surface area contributed by atoms with Crippen molar-refractivity contribution < 1.29 is 18.9 Å². The lowest BCUT2D eigenvalue weighted by atomic mass is 10.2. The Hall–Kier alpha value is -2.56. The van der Waals surface area contributed by atoms with Gasteiger partial charge >= 0.3 is 0 Å². The molecule has 0 saturated heterocycles. The Morgan fingerprint density at radius 3 is 2.45 bits per heavy atom. The van der Waals surface area contributed by atoms with E-state index in [2.05, 4.69) is 0 Å². The lowest BCUT2D eigenvalue weighted by Gasteiger charge is -2.20. The molecule has 0 atom stereocenters. The van der Waals surface area contributed by atoms with Gasteiger partial charge in [-0.05, 0) is 12.1 Å². The average molecular weight is 273 g/mol. The molecule has 5 heteroatoms. The van der Waals surface area contributed by atoms with E-state index in [1.165, 1.54) is 0 Å². The van der Waals surface area contributed by atoms with Crippen molar-refractivity contribution in [1.29, 1.82) is 0 Å². The smallest absolute Gasteiger partial charge is 0.165 e. The third-order valence-corrected chi connectivity index (χ3v) is 2.94. The summed E-state index contributed by atoms with van der Waals surface area (Å²) in [5, 5.41) is 0. The van der Waals surface area contributed by atoms with Crippen LogP contribution >= 0.6 is 0 Å². The van der Waals surface area contributed by atoms with Gasteiger partial charge in [0.05, 0.1) is 12.8 Å². The maximum Gasteiger partial charge on any atom is 0.165 e. The van der Waals surface area contributed by atoms with E-state index in [0.717, 1.165) is 5.75 Å². The van der Waals surface area contributed by atoms with Crippen LogP contribution in [0.5, 0.6) is 28.7 Å². The van der Waals surface area contributed by atoms with Crippen molar-refractivity contribution in [2.24, 2.45) is 0 Å². The number of hydrogen-bond donors (Lipinski definition) is 1. The normalized spacial score (nSPS) is 12.8. The number of fused-ring (bicyclic) bond motifs is 1. The van der Waals surface area contributed by atoms with Crippen LogP contribution in [0, 0.1) is 0 Å². The van der Waals surface area contributed by atoms with Gasteiger partial charge in [-0.1, -0.05) is 6.07 Å². The number of methoxy groups -OCH3 is 1. The summed E-state index contributed by atoms with van der Waals surface area (Å²) in [7, 11) is 1.61. The van der Waals surface area contributed by atoms with Crippen LogP contribution in [0.3, 0.4) is 0 Å². The van der Waals surface area contributed by atoms with Gasteiger partial charge in [0, 0.05) is 18.2 Å². The first kappa shape index (κ1) is 12.5. The van der Waals surface area contributed by atoms with Crippen molar-refractivity contribution in [2.75, 3.05) is 26.1 Å². The zero-order valence-corrected chi connectivity index (χ0v) is 11.1. The highest BCUT2D eigenvalue weighted by Crippen LogP contribution is 2.40. The SMILES string of the molecule is COc1cccc(Oc2cc3c(cc2N)OCCO3)c1. The minimum atomic E-state index is 0.497. The molecule has 1 aliphatic rings. The van der Waals surface area contributed by atoms with Gasteiger partial charge in [-0.15, -0.1) is 0 Å². The molecule has 0 aliphatic carbocycles. The van der Waals surface area contributed by atoms with Crippen molar-refractivity contribution >= 4 is 5.69 Å². The van der Waals surface area contributed by atoms with Gasteiger partial charge < -0.3 is 24.7 Å². The van der Waals surface area contributed by atoms with Crippen LogP contribution in [0.25, 0.3) is 0 Å². The quantitative estimate of drug-likeness (QED) is 0.871. The Morgan fingerprint density at radius 2 is 1.70 bits per heavy atom. The number of rotatable bonds is 3. The van der Waals surface area contributed by atoms with E-state index in [0.29, 0.717) is 41.9 Å². The minimum absolute atomic E-state index is 0.497. The molecule has 2 aromatic carbocycles. The summed E-state index contributed by atoms with van der Waals surface area (Å²) in [5.41, 5.74) is 6.47. The summed E-state index contributed by atoms with van der Waals surface area (Å²) in [6.07, 6.45) is 0. The molecule has 0 unspecified atom stereocenters. The number of anilines is 1. The van der Waals surface area contributed by atoms with E-state index in [-0.39, 0.29) is 0 Å². The first-order chi connectivity index (χ1) is 9.76. The molecule has 5 nitrogen and oxygen atoms in total. The molecule has 0 amide bonds. The molecule has 2 N–H and O–H groups in total. The van der Waals surface area contributed by atoms with Gasteiger partial charge in [-0.25, -0.2) is 0 Å². The first-order valence-corrected chi connectivity index (χ1v) is 6.27. The lowest BCUT2D eigenvalue weighted by Crippen LogP contribution is -2.15. The highest BCUT2D eigenvalue weighted by Gasteiger charge is 2.15. The van der Waals surface area contributed by atoms with Gasteiger partial charge in [-0.3, -0.25) is 0 Å². The molecule has 3 rings (SSSR count). The minimum Gasteiger partial charge on any atom is -0.497 e. The molecular weight excluding hydrogens is 258 g/mol. The van der Waals surface area contributed by atoms with E-state index in [4.69, 9.17) is 24.7 Å². The van der Waals surface area contributed by atoms with E-state index in [9.17, 15) is 0 Å². The molecule has 2 aromatic rings. The molecule has 1 heterocycles. The second-order valence-electron chi connectivity index (χ2n) is 4.31. The maximum absolute atomic E-state index is 5.97. The summed E-state index contributed by atoms with van der Waals surface area (Å²) in [6.45, 7) is 1.05. The van der Waals surface area contributed by atoms with Crippen LogP contribution in [0.1, 0.15) is 0 Å². The largest absolute Gasteiger partial charge is 0.497 e. The Bertz CT molecular complexity index is 627. The van der Waals surface area contributed by atoms with Crippen LogP contribution in [0.15, 0.2) is 36.4 Å². The number of ether oxygens (including phenoxy) is 4. The van der Waals surface area contributed by atoms with Gasteiger partial charge in [0.2, 0.25) is 0 Å². The van der Waals surface area contributed by atoms with Crippen molar-refractivity contribution in [3.63, 3.8) is 0 Å². The third kappa shape index (κ3) is 2.42. The fourth-order valence-corrected chi connectivity index (χ4v) is 1.97. The molecule has 104 valence electrons. The van der Waals surface area contributed by atoms with Crippen LogP contribution in [-0.2, 0) is 0 Å². The molecule has 0 aromatic heterocycles. The second-order valence-corrected chi connectivity index (χ2v) is 4.31. The zero-order chi connectivity index (χ0) is 13.9. The van der Waals surface area contributed by atoms with E-state index < -0.39 is 0 Å². The third-order valence-electron chi connectivity index (χ3n) is 2.94. The molecule has 20 heavy (non-hydrogen) atoms. The Balaban J connectivity index is 1.90. The number of hydrogen-bond acceptors (Lipinski definition) is 5. The molecule has 0 fully saturated rings. The summed E-state index contributed by atoms with van der Waals surface area (Å²) in [6, 6.07) is 10.8. The lowest BCUT2D eigenvalue weighted by molar-refractivity contribution is 0.171. The van der Waals surface area contributed by atoms with Crippen LogP contribution in [0.2, 0.25) is 0 Å². The molecule has 0 bridgehead atoms. The maximum atomic E-state index is 5.97. The van der Waals surface area contributed by atoms with Gasteiger partial charge in [0.25, 0.3) is 0 Å². The fourth-order valence-electron chi connectivity index (χ4n) is 1.97. The Labute approximate surface area is 116 Å². The van der Waals surface area contributed by atoms with E-state index in [1.807, 2.05) is 18.2 Å². The fraction of sp³-hybridized carbons (Fsp3) is 0.200. The molecule has 0 saturated carbocycles. The average Bonchev–Trinajstić information content (AvgIpc) is 2.48. The van der Waals surface area contributed by atoms with Crippen LogP contribution in [0.4, 0.5) is 5.69 Å². The monoisotopic (exact) mass is 273 g/mol. The summed E-state index contributed by atoms with van der Waals surface area (Å²) < 4.78 is 21.9. The van der Waals surface area contributed by atoms with Crippen molar-refractivity contribution in [3.8, 4) is 28.7 Å². The first-order valence-electron chi connectivity index (χ1n) is 6.27. The van der Waals surface area contributed by atoms with Gasteiger partial charge in [0.1, 0.15) is 24.7 Å². The Kier molecular flexibility index (Phi) is 3.25. The molecule has 0 spiro atoms. The number of nitrogen functional groups attached to an aromatic ring is 1. The molecule has 0 radical (unpaired) electrons. The molecule has 1 aliphatic heterocycles. The van der Waals surface area contributed by atoms with Crippen molar-refractivity contribution in [1.82, 2.24) is 0 Å². The molecular formula is C15H15NO4. The van der Waals surface area contributed by atoms with Crippen molar-refractivity contribution in [2.45, 2.75) is 0 Å². The Morgan fingerprint density at radius 1 is 1.00 bits per heavy atom. The van der Waals surface area contributed by atoms with Gasteiger partial charge in [-0.2, -0.15) is 0 Å². The number of nitrogens with two attached hydrogens (primary N) is 1. The second kappa shape index (κ2) is 5.21. The van der Waals surface area contributed by atoms with Crippen LogP contribution < -0.4 is 24.7 Å². The van der Waals surface area contributed by atoms with Crippen molar-refractivity contribution in [3.05, 3.63) is 36.4 Å². The summed E-state index contributed by atoms with van der Waals surface area (Å²) >= 11 is 0. The van der Waals surface area contributed by atoms with Gasteiger partial charge in [0.15, 0.2) is 17.2 Å². The summed E-state index contributed by atoms with van der Waals surface area (Å²) in [5.74, 6) is 3.18. The summed E-state index contributed by atoms with van der Waals surface area (Å²) in [4.78, 5) is 0. The predicted molar refractivity (Wildman–Crippen MR) is 74.9 cm³/mol. The topological polar surface area (TPSA) is 62.9 Å². The van der Waals surface area contributed by atoms with E-state index in [1.54, 1.807) is 25.3 Å². The van der Waals surface area contributed by atoms with E-state index >= 15 is 0 Å². The standard InChI is InChI=1S/C15H15NO4/c1-17-10-3-2-4-11(7-10)20-13-9-15-14(8-12(13)16)18-5-6-19-15/h2-4,7-9H,5-6,16H2,1H3. The highest BCUT2D eigenvalue weighted by atomic mass is 16.6. The highest BCUT2D eigenvalue weighted by molar-refractivity contribution is 5.63. The predicted octanol–water partition coefficient (Wildman–Crippen LogP) is 2.84.